The number of ether oxygens (including phenoxy) is 1. The number of esters is 1. The van der Waals surface area contributed by atoms with E-state index in [0.717, 1.165) is 5.56 Å². The Morgan fingerprint density at radius 3 is 2.29 bits per heavy atom. The van der Waals surface area contributed by atoms with Crippen molar-refractivity contribution in [2.24, 2.45) is 0 Å². The molecule has 0 amide bonds. The van der Waals surface area contributed by atoms with Crippen LogP contribution >= 0.6 is 0 Å². The van der Waals surface area contributed by atoms with E-state index >= 15 is 0 Å². The summed E-state index contributed by atoms with van der Waals surface area (Å²) in [6, 6.07) is 17.1. The first kappa shape index (κ1) is 16.7. The van der Waals surface area contributed by atoms with Gasteiger partial charge >= 0.3 is 5.97 Å². The van der Waals surface area contributed by atoms with Gasteiger partial charge in [0.25, 0.3) is 0 Å². The lowest BCUT2D eigenvalue weighted by molar-refractivity contribution is 0.0133. The van der Waals surface area contributed by atoms with Gasteiger partial charge < -0.3 is 9.84 Å². The summed E-state index contributed by atoms with van der Waals surface area (Å²) in [5, 5.41) is 9.51. The van der Waals surface area contributed by atoms with Crippen molar-refractivity contribution in [2.75, 3.05) is 6.61 Å². The minimum atomic E-state index is -0.628. The summed E-state index contributed by atoms with van der Waals surface area (Å²) in [6.07, 6.45) is 5.78. The fraction of sp³-hybridized carbons (Fsp3) is 0.381. The van der Waals surface area contributed by atoms with E-state index in [9.17, 15) is 9.90 Å². The van der Waals surface area contributed by atoms with Gasteiger partial charge in [-0.15, -0.1) is 0 Å². The number of aliphatic hydroxyl groups is 1. The van der Waals surface area contributed by atoms with Gasteiger partial charge in [-0.3, -0.25) is 0 Å². The third kappa shape index (κ3) is 4.04. The summed E-state index contributed by atoms with van der Waals surface area (Å²) < 4.78 is 5.47. The number of aliphatic hydroxyl groups excluding tert-OH is 1. The highest BCUT2D eigenvalue weighted by Crippen LogP contribution is 2.32. The first-order chi connectivity index (χ1) is 11.8. The molecule has 3 heteroatoms. The van der Waals surface area contributed by atoms with Crippen molar-refractivity contribution in [3.63, 3.8) is 0 Å². The highest BCUT2D eigenvalue weighted by molar-refractivity contribution is 5.89. The van der Waals surface area contributed by atoms with Crippen molar-refractivity contribution in [2.45, 2.75) is 44.1 Å². The van der Waals surface area contributed by atoms with Crippen molar-refractivity contribution >= 4 is 5.97 Å². The Hall–Kier alpha value is -2.13. The Balaban J connectivity index is 1.66. The summed E-state index contributed by atoms with van der Waals surface area (Å²) in [5.74, 6) is 0.228. The quantitative estimate of drug-likeness (QED) is 0.816. The highest BCUT2D eigenvalue weighted by atomic mass is 16.6. The van der Waals surface area contributed by atoms with Gasteiger partial charge in [0.05, 0.1) is 12.2 Å². The van der Waals surface area contributed by atoms with Crippen LogP contribution in [-0.2, 0) is 4.74 Å². The lowest BCUT2D eigenvalue weighted by Gasteiger charge is -2.22. The number of rotatable bonds is 5. The van der Waals surface area contributed by atoms with Crippen LogP contribution in [-0.4, -0.2) is 17.7 Å². The number of hydrogen-bond donors (Lipinski definition) is 1. The van der Waals surface area contributed by atoms with Crippen molar-refractivity contribution in [3.8, 4) is 0 Å². The molecule has 0 aliphatic heterocycles. The Morgan fingerprint density at radius 1 is 1.00 bits per heavy atom. The normalized spacial score (nSPS) is 16.5. The lowest BCUT2D eigenvalue weighted by Crippen LogP contribution is -2.15. The van der Waals surface area contributed by atoms with Gasteiger partial charge in [-0.05, 0) is 42.0 Å². The number of benzene rings is 2. The van der Waals surface area contributed by atoms with E-state index in [2.05, 4.69) is 0 Å². The van der Waals surface area contributed by atoms with E-state index in [1.807, 2.05) is 54.6 Å². The molecule has 1 N–H and O–H groups in total. The summed E-state index contributed by atoms with van der Waals surface area (Å²) >= 11 is 0. The lowest BCUT2D eigenvalue weighted by atomic mass is 9.84. The maximum absolute atomic E-state index is 12.3. The molecule has 0 radical (unpaired) electrons. The number of carbonyl (C=O) groups is 1. The summed E-state index contributed by atoms with van der Waals surface area (Å²) in [7, 11) is 0. The fourth-order valence-corrected chi connectivity index (χ4v) is 3.40. The van der Waals surface area contributed by atoms with Gasteiger partial charge in [-0.1, -0.05) is 61.7 Å². The van der Waals surface area contributed by atoms with Crippen LogP contribution < -0.4 is 0 Å². The molecule has 126 valence electrons. The fourth-order valence-electron chi connectivity index (χ4n) is 3.40. The van der Waals surface area contributed by atoms with Crippen LogP contribution in [0.2, 0.25) is 0 Å². The third-order valence-electron chi connectivity index (χ3n) is 4.81. The summed E-state index contributed by atoms with van der Waals surface area (Å²) in [4.78, 5) is 12.3. The molecule has 0 unspecified atom stereocenters. The van der Waals surface area contributed by atoms with Crippen LogP contribution in [0.15, 0.2) is 54.6 Å². The molecule has 1 atom stereocenters. The second-order valence-corrected chi connectivity index (χ2v) is 6.44. The Morgan fingerprint density at radius 2 is 1.67 bits per heavy atom. The zero-order valence-electron chi connectivity index (χ0n) is 13.9. The Kier molecular flexibility index (Phi) is 5.65. The molecule has 1 saturated carbocycles. The zero-order chi connectivity index (χ0) is 16.8. The van der Waals surface area contributed by atoms with Crippen molar-refractivity contribution < 1.29 is 14.6 Å². The first-order valence-corrected chi connectivity index (χ1v) is 8.74. The molecule has 0 aromatic heterocycles. The smallest absolute Gasteiger partial charge is 0.338 e. The third-order valence-corrected chi connectivity index (χ3v) is 4.81. The topological polar surface area (TPSA) is 46.5 Å². The van der Waals surface area contributed by atoms with Crippen molar-refractivity contribution in [1.29, 1.82) is 0 Å². The SMILES string of the molecule is O=C(O[C@H](CO)c1ccccc1)c1ccc(C2CCCCC2)cc1. The number of carbonyl (C=O) groups excluding carboxylic acids is 1. The average Bonchev–Trinajstić information content (AvgIpc) is 2.67. The zero-order valence-corrected chi connectivity index (χ0v) is 13.9. The molecule has 1 aliphatic carbocycles. The van der Waals surface area contributed by atoms with Crippen LogP contribution in [0, 0.1) is 0 Å². The Labute approximate surface area is 143 Å². The molecule has 1 aliphatic rings. The monoisotopic (exact) mass is 324 g/mol. The van der Waals surface area contributed by atoms with Gasteiger partial charge in [0, 0.05) is 0 Å². The van der Waals surface area contributed by atoms with Gasteiger partial charge in [0.1, 0.15) is 0 Å². The van der Waals surface area contributed by atoms with Gasteiger partial charge in [0.2, 0.25) is 0 Å². The van der Waals surface area contributed by atoms with Crippen LogP contribution in [0.4, 0.5) is 0 Å². The van der Waals surface area contributed by atoms with E-state index in [1.165, 1.54) is 37.7 Å². The van der Waals surface area contributed by atoms with Crippen LogP contribution in [0.5, 0.6) is 0 Å². The molecular formula is C21H24O3. The molecule has 0 saturated heterocycles. The van der Waals surface area contributed by atoms with Gasteiger partial charge in [0.15, 0.2) is 6.10 Å². The molecule has 2 aromatic carbocycles. The largest absolute Gasteiger partial charge is 0.451 e. The van der Waals surface area contributed by atoms with E-state index in [1.54, 1.807) is 0 Å². The standard InChI is InChI=1S/C21H24O3/c22-15-20(18-9-5-2-6-10-18)24-21(23)19-13-11-17(12-14-19)16-7-3-1-4-8-16/h2,5-6,9-14,16,20,22H,1,3-4,7-8,15H2/t20-/m1/s1. The molecule has 3 nitrogen and oxygen atoms in total. The predicted molar refractivity (Wildman–Crippen MR) is 94.0 cm³/mol. The van der Waals surface area contributed by atoms with E-state index in [-0.39, 0.29) is 6.61 Å². The molecule has 0 bridgehead atoms. The molecule has 24 heavy (non-hydrogen) atoms. The van der Waals surface area contributed by atoms with Crippen LogP contribution in [0.3, 0.4) is 0 Å². The first-order valence-electron chi connectivity index (χ1n) is 8.74. The summed E-state index contributed by atoms with van der Waals surface area (Å²) in [6.45, 7) is -0.226. The molecular weight excluding hydrogens is 300 g/mol. The molecule has 3 rings (SSSR count). The van der Waals surface area contributed by atoms with Gasteiger partial charge in [-0.25, -0.2) is 4.79 Å². The van der Waals surface area contributed by atoms with Crippen LogP contribution in [0.25, 0.3) is 0 Å². The van der Waals surface area contributed by atoms with E-state index in [4.69, 9.17) is 4.74 Å². The van der Waals surface area contributed by atoms with Crippen molar-refractivity contribution in [3.05, 3.63) is 71.3 Å². The second-order valence-electron chi connectivity index (χ2n) is 6.44. The summed E-state index contributed by atoms with van der Waals surface area (Å²) in [5.41, 5.74) is 2.64. The predicted octanol–water partition coefficient (Wildman–Crippen LogP) is 4.62. The second kappa shape index (κ2) is 8.11. The highest BCUT2D eigenvalue weighted by Gasteiger charge is 2.19. The maximum Gasteiger partial charge on any atom is 0.338 e. The molecule has 0 spiro atoms. The van der Waals surface area contributed by atoms with Crippen LogP contribution in [0.1, 0.15) is 65.6 Å². The minimum absolute atomic E-state index is 0.226. The molecule has 2 aromatic rings. The Bertz CT molecular complexity index is 643. The van der Waals surface area contributed by atoms with E-state index < -0.39 is 12.1 Å². The molecule has 1 fully saturated rings. The average molecular weight is 324 g/mol. The number of hydrogen-bond acceptors (Lipinski definition) is 3. The molecule has 0 heterocycles. The van der Waals surface area contributed by atoms with Gasteiger partial charge in [-0.2, -0.15) is 0 Å². The maximum atomic E-state index is 12.3. The minimum Gasteiger partial charge on any atom is -0.451 e. The van der Waals surface area contributed by atoms with E-state index in [0.29, 0.717) is 11.5 Å². The van der Waals surface area contributed by atoms with Crippen molar-refractivity contribution in [1.82, 2.24) is 0 Å².